The largest absolute Gasteiger partial charge is 0.326 e. The predicted molar refractivity (Wildman–Crippen MR) is 110 cm³/mol. The summed E-state index contributed by atoms with van der Waals surface area (Å²) < 4.78 is 5.19. The van der Waals surface area contributed by atoms with Crippen LogP contribution >= 0.6 is 11.3 Å². The Morgan fingerprint density at radius 2 is 1.82 bits per heavy atom. The normalized spacial score (nSPS) is 14.0. The van der Waals surface area contributed by atoms with Crippen LogP contribution in [0.15, 0.2) is 48.8 Å². The van der Waals surface area contributed by atoms with E-state index in [1.807, 2.05) is 53.7 Å². The van der Waals surface area contributed by atoms with Crippen molar-refractivity contribution in [3.8, 4) is 5.82 Å². The number of rotatable bonds is 2. The zero-order valence-electron chi connectivity index (χ0n) is 16.1. The maximum absolute atomic E-state index is 13.1. The number of amides is 1. The molecule has 0 bridgehead atoms. The molecule has 142 valence electrons. The SMILES string of the molecule is CC(C)(C)n1nc2c(c1-n1cccc1)CN(C(=O)c1nc3ccccc3s1)C2. The number of hydrogen-bond donors (Lipinski definition) is 0. The van der Waals surface area contributed by atoms with Gasteiger partial charge in [-0.1, -0.05) is 12.1 Å². The zero-order chi connectivity index (χ0) is 19.5. The summed E-state index contributed by atoms with van der Waals surface area (Å²) in [6.45, 7) is 7.50. The number of carbonyl (C=O) groups excluding carboxylic acids is 1. The third-order valence-electron chi connectivity index (χ3n) is 4.98. The minimum absolute atomic E-state index is 0.0278. The van der Waals surface area contributed by atoms with Gasteiger partial charge in [-0.25, -0.2) is 9.67 Å². The summed E-state index contributed by atoms with van der Waals surface area (Å²) in [4.78, 5) is 19.5. The van der Waals surface area contributed by atoms with Gasteiger partial charge in [-0.05, 0) is 45.0 Å². The van der Waals surface area contributed by atoms with E-state index in [9.17, 15) is 4.79 Å². The van der Waals surface area contributed by atoms with E-state index >= 15 is 0 Å². The van der Waals surface area contributed by atoms with Crippen LogP contribution in [0.5, 0.6) is 0 Å². The van der Waals surface area contributed by atoms with Crippen molar-refractivity contribution >= 4 is 27.5 Å². The smallest absolute Gasteiger partial charge is 0.283 e. The van der Waals surface area contributed by atoms with Crippen molar-refractivity contribution in [3.63, 3.8) is 0 Å². The minimum Gasteiger partial charge on any atom is -0.326 e. The van der Waals surface area contributed by atoms with Crippen LogP contribution in [0.2, 0.25) is 0 Å². The van der Waals surface area contributed by atoms with E-state index < -0.39 is 0 Å². The van der Waals surface area contributed by atoms with Crippen LogP contribution in [0.4, 0.5) is 0 Å². The second-order valence-corrected chi connectivity index (χ2v) is 9.10. The molecule has 1 aromatic carbocycles. The van der Waals surface area contributed by atoms with E-state index in [2.05, 4.69) is 35.0 Å². The lowest BCUT2D eigenvalue weighted by atomic mass is 10.1. The average molecular weight is 392 g/mol. The number of carbonyl (C=O) groups is 1. The predicted octanol–water partition coefficient (Wildman–Crippen LogP) is 4.19. The summed E-state index contributed by atoms with van der Waals surface area (Å²) in [7, 11) is 0. The molecule has 7 heteroatoms. The zero-order valence-corrected chi connectivity index (χ0v) is 16.9. The van der Waals surface area contributed by atoms with Crippen LogP contribution in [0.3, 0.4) is 0 Å². The first-order valence-electron chi connectivity index (χ1n) is 9.31. The Bertz CT molecular complexity index is 1150. The lowest BCUT2D eigenvalue weighted by Gasteiger charge is -2.24. The summed E-state index contributed by atoms with van der Waals surface area (Å²) in [6.07, 6.45) is 4.05. The van der Waals surface area contributed by atoms with Crippen LogP contribution in [0.1, 0.15) is 41.8 Å². The van der Waals surface area contributed by atoms with Crippen molar-refractivity contribution in [2.75, 3.05) is 0 Å². The van der Waals surface area contributed by atoms with Gasteiger partial charge in [-0.15, -0.1) is 11.3 Å². The highest BCUT2D eigenvalue weighted by atomic mass is 32.1. The standard InChI is InChI=1S/C21H21N5OS/c1-21(2,3)26-19(24-10-6-7-11-24)14-12-25(13-16(14)23-26)20(27)18-22-15-8-4-5-9-17(15)28-18/h4-11H,12-13H2,1-3H3. The molecule has 1 amide bonds. The van der Waals surface area contributed by atoms with Crippen molar-refractivity contribution in [2.45, 2.75) is 39.4 Å². The van der Waals surface area contributed by atoms with Crippen molar-refractivity contribution in [2.24, 2.45) is 0 Å². The summed E-state index contributed by atoms with van der Waals surface area (Å²) in [6, 6.07) is 11.9. The molecule has 4 aromatic rings. The van der Waals surface area contributed by atoms with Gasteiger partial charge in [0.2, 0.25) is 0 Å². The number of fused-ring (bicyclic) bond motifs is 2. The topological polar surface area (TPSA) is 56.0 Å². The number of benzene rings is 1. The Labute approximate surface area is 167 Å². The van der Waals surface area contributed by atoms with Gasteiger partial charge in [0.05, 0.1) is 34.5 Å². The molecule has 6 nitrogen and oxygen atoms in total. The molecule has 4 heterocycles. The third-order valence-corrected chi connectivity index (χ3v) is 6.00. The molecular weight excluding hydrogens is 370 g/mol. The molecule has 3 aromatic heterocycles. The van der Waals surface area contributed by atoms with Gasteiger partial charge in [0.15, 0.2) is 5.01 Å². The highest BCUT2D eigenvalue weighted by molar-refractivity contribution is 7.20. The molecular formula is C21H21N5OS. The molecule has 0 radical (unpaired) electrons. The van der Waals surface area contributed by atoms with Crippen molar-refractivity contribution in [3.05, 3.63) is 65.1 Å². The molecule has 0 spiro atoms. The monoisotopic (exact) mass is 391 g/mol. The molecule has 0 saturated carbocycles. The second kappa shape index (κ2) is 6.04. The van der Waals surface area contributed by atoms with Gasteiger partial charge >= 0.3 is 0 Å². The van der Waals surface area contributed by atoms with Gasteiger partial charge < -0.3 is 9.47 Å². The highest BCUT2D eigenvalue weighted by Gasteiger charge is 2.34. The summed E-state index contributed by atoms with van der Waals surface area (Å²) in [5.41, 5.74) is 2.80. The van der Waals surface area contributed by atoms with Gasteiger partial charge in [0, 0.05) is 18.0 Å². The maximum Gasteiger partial charge on any atom is 0.283 e. The summed E-state index contributed by atoms with van der Waals surface area (Å²) in [5, 5.41) is 5.41. The Kier molecular flexibility index (Phi) is 3.71. The van der Waals surface area contributed by atoms with Crippen molar-refractivity contribution in [1.29, 1.82) is 0 Å². The van der Waals surface area contributed by atoms with Crippen molar-refractivity contribution in [1.82, 2.24) is 24.2 Å². The average Bonchev–Trinajstić information content (AvgIpc) is 3.40. The number of hydrogen-bond acceptors (Lipinski definition) is 4. The van der Waals surface area contributed by atoms with Gasteiger partial charge in [0.25, 0.3) is 5.91 Å². The molecule has 0 N–H and O–H groups in total. The lowest BCUT2D eigenvalue weighted by molar-refractivity contribution is 0.0748. The first kappa shape index (κ1) is 17.2. The fourth-order valence-electron chi connectivity index (χ4n) is 3.65. The maximum atomic E-state index is 13.1. The Morgan fingerprint density at radius 3 is 2.54 bits per heavy atom. The number of nitrogens with zero attached hydrogens (tertiary/aromatic N) is 5. The fraction of sp³-hybridized carbons (Fsp3) is 0.286. The molecule has 0 aliphatic carbocycles. The van der Waals surface area contributed by atoms with Crippen LogP contribution in [0.25, 0.3) is 16.0 Å². The van der Waals surface area contributed by atoms with E-state index in [0.717, 1.165) is 27.3 Å². The minimum atomic E-state index is -0.147. The fourth-order valence-corrected chi connectivity index (χ4v) is 4.59. The molecule has 0 saturated heterocycles. The molecule has 5 rings (SSSR count). The van der Waals surface area contributed by atoms with Crippen molar-refractivity contribution < 1.29 is 4.79 Å². The van der Waals surface area contributed by atoms with Crippen LogP contribution in [-0.4, -0.2) is 30.1 Å². The van der Waals surface area contributed by atoms with E-state index in [4.69, 9.17) is 5.10 Å². The first-order chi connectivity index (χ1) is 13.4. The molecule has 1 aliphatic rings. The number of aromatic nitrogens is 4. The van der Waals surface area contributed by atoms with Gasteiger partial charge in [-0.3, -0.25) is 4.79 Å². The van der Waals surface area contributed by atoms with E-state index in [0.29, 0.717) is 18.1 Å². The Balaban J connectivity index is 1.51. The highest BCUT2D eigenvalue weighted by Crippen LogP contribution is 2.33. The Morgan fingerprint density at radius 1 is 1.07 bits per heavy atom. The lowest BCUT2D eigenvalue weighted by Crippen LogP contribution is -2.29. The van der Waals surface area contributed by atoms with E-state index in [1.54, 1.807) is 0 Å². The molecule has 0 atom stereocenters. The quantitative estimate of drug-likeness (QED) is 0.515. The van der Waals surface area contributed by atoms with E-state index in [-0.39, 0.29) is 11.4 Å². The molecule has 28 heavy (non-hydrogen) atoms. The van der Waals surface area contributed by atoms with Gasteiger partial charge in [-0.2, -0.15) is 5.10 Å². The molecule has 0 fully saturated rings. The number of thiazole rings is 1. The second-order valence-electron chi connectivity index (χ2n) is 8.07. The van der Waals surface area contributed by atoms with Gasteiger partial charge in [0.1, 0.15) is 5.82 Å². The molecule has 0 unspecified atom stereocenters. The van der Waals surface area contributed by atoms with Crippen LogP contribution in [0, 0.1) is 0 Å². The molecule has 1 aliphatic heterocycles. The first-order valence-corrected chi connectivity index (χ1v) is 10.1. The summed E-state index contributed by atoms with van der Waals surface area (Å²) in [5.74, 6) is 1.01. The van der Waals surface area contributed by atoms with Crippen LogP contribution < -0.4 is 0 Å². The van der Waals surface area contributed by atoms with Crippen LogP contribution in [-0.2, 0) is 18.6 Å². The van der Waals surface area contributed by atoms with E-state index in [1.165, 1.54) is 11.3 Å². The third kappa shape index (κ3) is 2.65. The Hall–Kier alpha value is -2.93. The number of para-hydroxylation sites is 1. The summed E-state index contributed by atoms with van der Waals surface area (Å²) >= 11 is 1.45.